The first-order valence-corrected chi connectivity index (χ1v) is 10.5. The lowest BCUT2D eigenvalue weighted by molar-refractivity contribution is 0.0633. The number of amides is 3. The summed E-state index contributed by atoms with van der Waals surface area (Å²) >= 11 is 0. The number of hydrogen-bond acceptors (Lipinski definition) is 4. The second kappa shape index (κ2) is 10.2. The Kier molecular flexibility index (Phi) is 7.36. The molecule has 6 nitrogen and oxygen atoms in total. The Bertz CT molecular complexity index is 911. The summed E-state index contributed by atoms with van der Waals surface area (Å²) in [4.78, 5) is 38.6. The van der Waals surface area contributed by atoms with Crippen molar-refractivity contribution in [2.24, 2.45) is 0 Å². The van der Waals surface area contributed by atoms with Crippen molar-refractivity contribution in [2.45, 2.75) is 39.2 Å². The molecular weight excluding hydrogens is 380 g/mol. The molecule has 0 aliphatic carbocycles. The summed E-state index contributed by atoms with van der Waals surface area (Å²) in [5.41, 5.74) is 2.18. The average Bonchev–Trinajstić information content (AvgIpc) is 3.01. The number of carbonyl (C=O) groups is 3. The maximum absolute atomic E-state index is 12.5. The van der Waals surface area contributed by atoms with Gasteiger partial charge in [0.05, 0.1) is 17.2 Å². The normalized spacial score (nSPS) is 14.0. The van der Waals surface area contributed by atoms with E-state index in [0.717, 1.165) is 18.4 Å². The van der Waals surface area contributed by atoms with Crippen LogP contribution < -0.4 is 5.32 Å². The van der Waals surface area contributed by atoms with Crippen LogP contribution in [0.3, 0.4) is 0 Å². The molecule has 6 heteroatoms. The molecule has 3 rings (SSSR count). The van der Waals surface area contributed by atoms with Gasteiger partial charge in [-0.3, -0.25) is 19.3 Å². The molecule has 0 saturated carbocycles. The van der Waals surface area contributed by atoms with Crippen LogP contribution in [0.15, 0.2) is 48.5 Å². The van der Waals surface area contributed by atoms with Crippen molar-refractivity contribution in [1.29, 1.82) is 0 Å². The van der Waals surface area contributed by atoms with E-state index < -0.39 is 0 Å². The van der Waals surface area contributed by atoms with E-state index in [4.69, 9.17) is 4.74 Å². The van der Waals surface area contributed by atoms with Gasteiger partial charge in [0.15, 0.2) is 0 Å². The van der Waals surface area contributed by atoms with Crippen molar-refractivity contribution >= 4 is 17.7 Å². The van der Waals surface area contributed by atoms with Crippen molar-refractivity contribution in [3.63, 3.8) is 0 Å². The first-order valence-electron chi connectivity index (χ1n) is 10.5. The molecule has 0 radical (unpaired) electrons. The van der Waals surface area contributed by atoms with Gasteiger partial charge in [0, 0.05) is 25.3 Å². The van der Waals surface area contributed by atoms with Gasteiger partial charge in [-0.1, -0.05) is 43.7 Å². The first kappa shape index (κ1) is 21.7. The summed E-state index contributed by atoms with van der Waals surface area (Å²) < 4.78 is 5.81. The molecule has 0 aromatic heterocycles. The average molecular weight is 408 g/mol. The minimum Gasteiger partial charge on any atom is -0.374 e. The molecule has 30 heavy (non-hydrogen) atoms. The monoisotopic (exact) mass is 408 g/mol. The van der Waals surface area contributed by atoms with Gasteiger partial charge in [-0.2, -0.15) is 0 Å². The Morgan fingerprint density at radius 1 is 1.03 bits per heavy atom. The van der Waals surface area contributed by atoms with Gasteiger partial charge in [-0.15, -0.1) is 0 Å². The Balaban J connectivity index is 1.48. The smallest absolute Gasteiger partial charge is 0.261 e. The lowest BCUT2D eigenvalue weighted by atomic mass is 10.1. The Morgan fingerprint density at radius 2 is 1.77 bits per heavy atom. The van der Waals surface area contributed by atoms with Crippen molar-refractivity contribution in [2.75, 3.05) is 19.7 Å². The molecule has 0 fully saturated rings. The van der Waals surface area contributed by atoms with Gasteiger partial charge < -0.3 is 10.1 Å². The molecule has 0 spiro atoms. The molecule has 3 amide bonds. The van der Waals surface area contributed by atoms with E-state index in [1.54, 1.807) is 12.1 Å². The van der Waals surface area contributed by atoms with E-state index in [0.29, 0.717) is 42.8 Å². The topological polar surface area (TPSA) is 75.7 Å². The number of benzene rings is 2. The van der Waals surface area contributed by atoms with E-state index in [1.165, 1.54) is 11.0 Å². The SMILES string of the molecule is CCCCN1C(=O)c2ccc(C(=O)NCCCOC(C)c3ccccc3)cc2C1=O. The fourth-order valence-electron chi connectivity index (χ4n) is 3.41. The molecule has 1 unspecified atom stereocenters. The quantitative estimate of drug-likeness (QED) is 0.477. The number of carbonyl (C=O) groups excluding carboxylic acids is 3. The largest absolute Gasteiger partial charge is 0.374 e. The number of fused-ring (bicyclic) bond motifs is 1. The maximum Gasteiger partial charge on any atom is 0.261 e. The Labute approximate surface area is 177 Å². The number of unbranched alkanes of at least 4 members (excludes halogenated alkanes) is 1. The van der Waals surface area contributed by atoms with E-state index in [9.17, 15) is 14.4 Å². The summed E-state index contributed by atoms with van der Waals surface area (Å²) in [6.45, 7) is 5.41. The minimum atomic E-state index is -0.318. The van der Waals surface area contributed by atoms with Crippen LogP contribution >= 0.6 is 0 Å². The van der Waals surface area contributed by atoms with Gasteiger partial charge >= 0.3 is 0 Å². The Morgan fingerprint density at radius 3 is 2.50 bits per heavy atom. The summed E-state index contributed by atoms with van der Waals surface area (Å²) in [5.74, 6) is -0.859. The van der Waals surface area contributed by atoms with Crippen molar-refractivity contribution in [3.8, 4) is 0 Å². The van der Waals surface area contributed by atoms with E-state index in [1.807, 2.05) is 44.2 Å². The number of nitrogens with zero attached hydrogens (tertiary/aromatic N) is 1. The molecule has 1 aliphatic rings. The summed E-state index contributed by atoms with van der Waals surface area (Å²) in [7, 11) is 0. The molecule has 1 heterocycles. The molecule has 2 aromatic carbocycles. The third kappa shape index (κ3) is 4.94. The highest BCUT2D eigenvalue weighted by molar-refractivity contribution is 6.22. The van der Waals surface area contributed by atoms with Gasteiger partial charge in [-0.05, 0) is 43.5 Å². The van der Waals surface area contributed by atoms with Crippen LogP contribution in [-0.4, -0.2) is 42.3 Å². The molecule has 1 atom stereocenters. The highest BCUT2D eigenvalue weighted by Crippen LogP contribution is 2.24. The fraction of sp³-hybridized carbons (Fsp3) is 0.375. The van der Waals surface area contributed by atoms with Gasteiger partial charge in [0.25, 0.3) is 17.7 Å². The molecule has 0 saturated heterocycles. The van der Waals surface area contributed by atoms with Crippen LogP contribution in [0.4, 0.5) is 0 Å². The van der Waals surface area contributed by atoms with Crippen LogP contribution in [0.25, 0.3) is 0 Å². The highest BCUT2D eigenvalue weighted by Gasteiger charge is 2.35. The van der Waals surface area contributed by atoms with Crippen LogP contribution in [0, 0.1) is 0 Å². The summed E-state index contributed by atoms with van der Waals surface area (Å²) in [6, 6.07) is 14.7. The third-order valence-corrected chi connectivity index (χ3v) is 5.21. The lowest BCUT2D eigenvalue weighted by Crippen LogP contribution is -2.30. The summed E-state index contributed by atoms with van der Waals surface area (Å²) in [6.07, 6.45) is 2.34. The standard InChI is InChI=1S/C24H28N2O4/c1-3-4-14-26-23(28)20-12-11-19(16-21(20)24(26)29)22(27)25-13-8-15-30-17(2)18-9-6-5-7-10-18/h5-7,9-12,16-17H,3-4,8,13-15H2,1-2H3,(H,25,27). The highest BCUT2D eigenvalue weighted by atomic mass is 16.5. The number of nitrogens with one attached hydrogen (secondary N) is 1. The predicted octanol–water partition coefficient (Wildman–Crippen LogP) is 3.98. The van der Waals surface area contributed by atoms with Crippen molar-refractivity contribution in [3.05, 3.63) is 70.8 Å². The number of ether oxygens (including phenoxy) is 1. The van der Waals surface area contributed by atoms with Gasteiger partial charge in [0.2, 0.25) is 0 Å². The number of rotatable bonds is 10. The van der Waals surface area contributed by atoms with Crippen LogP contribution in [-0.2, 0) is 4.74 Å². The molecular formula is C24H28N2O4. The van der Waals surface area contributed by atoms with Gasteiger partial charge in [-0.25, -0.2) is 0 Å². The molecule has 0 bridgehead atoms. The molecule has 2 aromatic rings. The van der Waals surface area contributed by atoms with E-state index in [2.05, 4.69) is 5.32 Å². The Hall–Kier alpha value is -2.99. The van der Waals surface area contributed by atoms with Gasteiger partial charge in [0.1, 0.15) is 0 Å². The van der Waals surface area contributed by atoms with Crippen LogP contribution in [0.1, 0.15) is 75.9 Å². The molecule has 1 aliphatic heterocycles. The van der Waals surface area contributed by atoms with Crippen molar-refractivity contribution in [1.82, 2.24) is 10.2 Å². The summed E-state index contributed by atoms with van der Waals surface area (Å²) in [5, 5.41) is 2.85. The van der Waals surface area contributed by atoms with Crippen molar-refractivity contribution < 1.29 is 19.1 Å². The predicted molar refractivity (Wildman–Crippen MR) is 114 cm³/mol. The minimum absolute atomic E-state index is 0.00202. The zero-order valence-electron chi connectivity index (χ0n) is 17.5. The van der Waals surface area contributed by atoms with Crippen LogP contribution in [0.5, 0.6) is 0 Å². The van der Waals surface area contributed by atoms with Crippen LogP contribution in [0.2, 0.25) is 0 Å². The first-order chi connectivity index (χ1) is 14.5. The zero-order chi connectivity index (χ0) is 21.5. The second-order valence-electron chi connectivity index (χ2n) is 7.41. The third-order valence-electron chi connectivity index (χ3n) is 5.21. The fourth-order valence-corrected chi connectivity index (χ4v) is 3.41. The molecule has 1 N–H and O–H groups in total. The lowest BCUT2D eigenvalue weighted by Gasteiger charge is -2.13. The zero-order valence-corrected chi connectivity index (χ0v) is 17.5. The molecule has 158 valence electrons. The second-order valence-corrected chi connectivity index (χ2v) is 7.41. The van der Waals surface area contributed by atoms with E-state index >= 15 is 0 Å². The number of hydrogen-bond donors (Lipinski definition) is 1. The maximum atomic E-state index is 12.5. The van der Waals surface area contributed by atoms with E-state index in [-0.39, 0.29) is 23.8 Å². The number of imide groups is 1.